The lowest BCUT2D eigenvalue weighted by Crippen LogP contribution is -2.29. The van der Waals surface area contributed by atoms with Gasteiger partial charge in [0.25, 0.3) is 0 Å². The predicted molar refractivity (Wildman–Crippen MR) is 68.1 cm³/mol. The molecule has 1 heterocycles. The maximum absolute atomic E-state index is 11.7. The van der Waals surface area contributed by atoms with Gasteiger partial charge in [-0.15, -0.1) is 0 Å². The van der Waals surface area contributed by atoms with Crippen LogP contribution in [0.1, 0.15) is 26.0 Å². The van der Waals surface area contributed by atoms with Crippen molar-refractivity contribution in [2.45, 2.75) is 32.7 Å². The van der Waals surface area contributed by atoms with Crippen LogP contribution in [0.2, 0.25) is 0 Å². The van der Waals surface area contributed by atoms with Crippen LogP contribution in [0.5, 0.6) is 0 Å². The first kappa shape index (κ1) is 13.3. The molecule has 0 aliphatic heterocycles. The van der Waals surface area contributed by atoms with Crippen LogP contribution >= 0.6 is 15.9 Å². The monoisotopic (exact) mass is 284 g/mol. The number of carbonyl (C=O) groups is 1. The summed E-state index contributed by atoms with van der Waals surface area (Å²) in [6.45, 7) is 4.05. The van der Waals surface area contributed by atoms with Crippen molar-refractivity contribution in [2.24, 2.45) is 11.7 Å². The lowest BCUT2D eigenvalue weighted by molar-refractivity contribution is -0.119. The van der Waals surface area contributed by atoms with Crippen LogP contribution in [0.15, 0.2) is 22.8 Å². The first-order valence-electron chi connectivity index (χ1n) is 5.36. The molecule has 1 rings (SSSR count). The van der Waals surface area contributed by atoms with Gasteiger partial charge in [-0.3, -0.25) is 9.78 Å². The van der Waals surface area contributed by atoms with E-state index in [0.717, 1.165) is 10.2 Å². The number of carbonyl (C=O) groups excluding carboxylic acids is 1. The van der Waals surface area contributed by atoms with E-state index in [4.69, 9.17) is 5.73 Å². The van der Waals surface area contributed by atoms with Gasteiger partial charge in [-0.1, -0.05) is 13.8 Å². The minimum atomic E-state index is -0.0528. The molecule has 2 N–H and O–H groups in total. The highest BCUT2D eigenvalue weighted by atomic mass is 79.9. The average molecular weight is 285 g/mol. The third-order valence-electron chi connectivity index (χ3n) is 2.49. The number of aromatic nitrogens is 1. The Morgan fingerprint density at radius 3 is 2.69 bits per heavy atom. The maximum Gasteiger partial charge on any atom is 0.140 e. The van der Waals surface area contributed by atoms with Crippen molar-refractivity contribution in [1.82, 2.24) is 4.98 Å². The molecule has 4 heteroatoms. The predicted octanol–water partition coefficient (Wildman–Crippen LogP) is 2.33. The first-order valence-corrected chi connectivity index (χ1v) is 6.16. The van der Waals surface area contributed by atoms with Crippen molar-refractivity contribution in [3.05, 3.63) is 28.5 Å². The molecule has 16 heavy (non-hydrogen) atoms. The van der Waals surface area contributed by atoms with Crippen molar-refractivity contribution in [3.8, 4) is 0 Å². The molecule has 0 saturated carbocycles. The summed E-state index contributed by atoms with van der Waals surface area (Å²) in [7, 11) is 0. The van der Waals surface area contributed by atoms with Crippen molar-refractivity contribution >= 4 is 21.7 Å². The molecular weight excluding hydrogens is 268 g/mol. The van der Waals surface area contributed by atoms with Gasteiger partial charge in [0.1, 0.15) is 5.78 Å². The van der Waals surface area contributed by atoms with E-state index in [1.165, 1.54) is 0 Å². The molecule has 1 unspecified atom stereocenters. The SMILES string of the molecule is CC(C)C(N)CC(=O)Cc1ccc(Br)cn1. The Balaban J connectivity index is 2.48. The topological polar surface area (TPSA) is 56.0 Å². The fourth-order valence-corrected chi connectivity index (χ4v) is 1.52. The van der Waals surface area contributed by atoms with Crippen LogP contribution in [-0.2, 0) is 11.2 Å². The van der Waals surface area contributed by atoms with Crippen molar-refractivity contribution in [2.75, 3.05) is 0 Å². The zero-order valence-corrected chi connectivity index (χ0v) is 11.2. The van der Waals surface area contributed by atoms with Crippen LogP contribution in [0.3, 0.4) is 0 Å². The number of hydrogen-bond donors (Lipinski definition) is 1. The fourth-order valence-electron chi connectivity index (χ4n) is 1.28. The fraction of sp³-hybridized carbons (Fsp3) is 0.500. The molecular formula is C12H17BrN2O. The molecule has 0 aliphatic carbocycles. The van der Waals surface area contributed by atoms with E-state index in [1.807, 2.05) is 26.0 Å². The normalized spacial score (nSPS) is 12.8. The van der Waals surface area contributed by atoms with Gasteiger partial charge in [-0.25, -0.2) is 0 Å². The molecule has 0 aromatic carbocycles. The molecule has 0 amide bonds. The Labute approximate surface area is 105 Å². The summed E-state index contributed by atoms with van der Waals surface area (Å²) in [5, 5.41) is 0. The van der Waals surface area contributed by atoms with E-state index in [9.17, 15) is 4.79 Å². The maximum atomic E-state index is 11.7. The van der Waals surface area contributed by atoms with Gasteiger partial charge < -0.3 is 5.73 Å². The Bertz CT molecular complexity index is 349. The molecule has 0 spiro atoms. The van der Waals surface area contributed by atoms with Crippen LogP contribution in [-0.4, -0.2) is 16.8 Å². The van der Waals surface area contributed by atoms with Gasteiger partial charge in [-0.2, -0.15) is 0 Å². The molecule has 0 radical (unpaired) electrons. The second-order valence-corrected chi connectivity index (χ2v) is 5.21. The van der Waals surface area contributed by atoms with Crippen LogP contribution < -0.4 is 5.73 Å². The molecule has 1 aromatic heterocycles. The summed E-state index contributed by atoms with van der Waals surface area (Å²) < 4.78 is 0.919. The molecule has 0 aliphatic rings. The van der Waals surface area contributed by atoms with E-state index in [1.54, 1.807) is 6.20 Å². The van der Waals surface area contributed by atoms with Crippen LogP contribution in [0.4, 0.5) is 0 Å². The van der Waals surface area contributed by atoms with Gasteiger partial charge in [0.2, 0.25) is 0 Å². The van der Waals surface area contributed by atoms with E-state index < -0.39 is 0 Å². The highest BCUT2D eigenvalue weighted by Gasteiger charge is 2.13. The van der Waals surface area contributed by atoms with Crippen LogP contribution in [0, 0.1) is 5.92 Å². The summed E-state index contributed by atoms with van der Waals surface area (Å²) in [5.74, 6) is 0.484. The van der Waals surface area contributed by atoms with E-state index in [2.05, 4.69) is 20.9 Å². The Morgan fingerprint density at radius 2 is 2.19 bits per heavy atom. The molecule has 0 fully saturated rings. The number of hydrogen-bond acceptors (Lipinski definition) is 3. The van der Waals surface area contributed by atoms with Crippen molar-refractivity contribution in [3.63, 3.8) is 0 Å². The Morgan fingerprint density at radius 1 is 1.50 bits per heavy atom. The van der Waals surface area contributed by atoms with E-state index >= 15 is 0 Å². The highest BCUT2D eigenvalue weighted by Crippen LogP contribution is 2.10. The van der Waals surface area contributed by atoms with E-state index in [0.29, 0.717) is 18.8 Å². The molecule has 1 atom stereocenters. The molecule has 1 aromatic rings. The number of rotatable bonds is 5. The average Bonchev–Trinajstić information content (AvgIpc) is 2.21. The zero-order valence-electron chi connectivity index (χ0n) is 9.61. The number of Topliss-reactive ketones (excluding diaryl/α,β-unsaturated/α-hetero) is 1. The highest BCUT2D eigenvalue weighted by molar-refractivity contribution is 9.10. The molecule has 3 nitrogen and oxygen atoms in total. The minimum Gasteiger partial charge on any atom is -0.327 e. The summed E-state index contributed by atoms with van der Waals surface area (Å²) in [6.07, 6.45) is 2.49. The third-order valence-corrected chi connectivity index (χ3v) is 2.96. The Kier molecular flexibility index (Phi) is 5.09. The molecule has 0 bridgehead atoms. The molecule has 88 valence electrons. The number of ketones is 1. The van der Waals surface area contributed by atoms with Gasteiger partial charge in [-0.05, 0) is 34.0 Å². The lowest BCUT2D eigenvalue weighted by atomic mass is 9.98. The van der Waals surface area contributed by atoms with Gasteiger partial charge in [0.15, 0.2) is 0 Å². The minimum absolute atomic E-state index is 0.0528. The largest absolute Gasteiger partial charge is 0.327 e. The van der Waals surface area contributed by atoms with E-state index in [-0.39, 0.29) is 11.8 Å². The smallest absolute Gasteiger partial charge is 0.140 e. The van der Waals surface area contributed by atoms with Gasteiger partial charge >= 0.3 is 0 Å². The third kappa shape index (κ3) is 4.41. The molecule has 0 saturated heterocycles. The lowest BCUT2D eigenvalue weighted by Gasteiger charge is -2.14. The first-order chi connectivity index (χ1) is 7.49. The van der Waals surface area contributed by atoms with Crippen LogP contribution in [0.25, 0.3) is 0 Å². The number of halogens is 1. The summed E-state index contributed by atoms with van der Waals surface area (Å²) in [4.78, 5) is 15.8. The Hall–Kier alpha value is -0.740. The van der Waals surface area contributed by atoms with Gasteiger partial charge in [0.05, 0.1) is 0 Å². The van der Waals surface area contributed by atoms with Crippen molar-refractivity contribution < 1.29 is 4.79 Å². The summed E-state index contributed by atoms with van der Waals surface area (Å²) in [6, 6.07) is 3.68. The number of nitrogens with zero attached hydrogens (tertiary/aromatic N) is 1. The summed E-state index contributed by atoms with van der Waals surface area (Å²) >= 11 is 3.30. The van der Waals surface area contributed by atoms with Crippen molar-refractivity contribution in [1.29, 1.82) is 0 Å². The van der Waals surface area contributed by atoms with Gasteiger partial charge in [0, 0.05) is 35.2 Å². The zero-order chi connectivity index (χ0) is 12.1. The number of nitrogens with two attached hydrogens (primary N) is 1. The second kappa shape index (κ2) is 6.11. The standard InChI is InChI=1S/C12H17BrN2O/c1-8(2)12(14)6-11(16)5-10-4-3-9(13)7-15-10/h3-4,7-8,12H,5-6,14H2,1-2H3. The summed E-state index contributed by atoms with van der Waals surface area (Å²) in [5.41, 5.74) is 6.64. The number of pyridine rings is 1. The quantitative estimate of drug-likeness (QED) is 0.903. The second-order valence-electron chi connectivity index (χ2n) is 4.30.